The van der Waals surface area contributed by atoms with Crippen LogP contribution in [0.2, 0.25) is 0 Å². The molecule has 0 radical (unpaired) electrons. The zero-order valence-corrected chi connectivity index (χ0v) is 13.5. The second-order valence-corrected chi connectivity index (χ2v) is 5.03. The van der Waals surface area contributed by atoms with Crippen molar-refractivity contribution in [3.05, 3.63) is 59.4 Å². The molecule has 0 saturated heterocycles. The van der Waals surface area contributed by atoms with Crippen molar-refractivity contribution in [1.29, 1.82) is 0 Å². The molecule has 0 aromatic heterocycles. The van der Waals surface area contributed by atoms with E-state index in [2.05, 4.69) is 5.32 Å². The number of ether oxygens (including phenoxy) is 3. The molecule has 1 N–H and O–H groups in total. The number of nitrogens with one attached hydrogen (secondary N) is 1. The molecule has 0 heterocycles. The summed E-state index contributed by atoms with van der Waals surface area (Å²) in [6.07, 6.45) is 0. The lowest BCUT2D eigenvalue weighted by Crippen LogP contribution is -2.19. The van der Waals surface area contributed by atoms with Gasteiger partial charge in [-0.25, -0.2) is 4.39 Å². The second-order valence-electron chi connectivity index (χ2n) is 5.03. The largest absolute Gasteiger partial charge is 0.493 e. The zero-order valence-electron chi connectivity index (χ0n) is 13.5. The van der Waals surface area contributed by atoms with Crippen LogP contribution in [0.5, 0.6) is 11.5 Å². The van der Waals surface area contributed by atoms with Gasteiger partial charge in [-0.2, -0.15) is 0 Å². The van der Waals surface area contributed by atoms with Crippen LogP contribution in [-0.4, -0.2) is 27.4 Å². The maximum Gasteiger partial charge on any atom is 0.166 e. The molecule has 2 aromatic rings. The minimum atomic E-state index is -0.255. The highest BCUT2D eigenvalue weighted by atomic mass is 19.1. The van der Waals surface area contributed by atoms with Crippen LogP contribution < -0.4 is 14.8 Å². The molecule has 4 nitrogen and oxygen atoms in total. The van der Waals surface area contributed by atoms with Crippen molar-refractivity contribution in [2.75, 3.05) is 27.4 Å². The van der Waals surface area contributed by atoms with Crippen LogP contribution in [-0.2, 0) is 17.9 Å². The number of para-hydroxylation sites is 1. The summed E-state index contributed by atoms with van der Waals surface area (Å²) in [7, 11) is 3.28. The van der Waals surface area contributed by atoms with Crippen LogP contribution in [0.15, 0.2) is 42.5 Å². The van der Waals surface area contributed by atoms with Crippen LogP contribution in [0.4, 0.5) is 4.39 Å². The van der Waals surface area contributed by atoms with Gasteiger partial charge in [-0.3, -0.25) is 0 Å². The van der Waals surface area contributed by atoms with Crippen LogP contribution in [0.3, 0.4) is 0 Å². The third kappa shape index (κ3) is 5.23. The van der Waals surface area contributed by atoms with Gasteiger partial charge in [0.05, 0.1) is 13.7 Å². The van der Waals surface area contributed by atoms with Crippen LogP contribution >= 0.6 is 0 Å². The van der Waals surface area contributed by atoms with Gasteiger partial charge in [0.15, 0.2) is 11.5 Å². The normalized spacial score (nSPS) is 10.6. The molecular formula is C18H22FNO3. The van der Waals surface area contributed by atoms with Gasteiger partial charge in [0, 0.05) is 25.8 Å². The first kappa shape index (κ1) is 17.2. The molecular weight excluding hydrogens is 297 g/mol. The fourth-order valence-corrected chi connectivity index (χ4v) is 2.16. The fourth-order valence-electron chi connectivity index (χ4n) is 2.16. The van der Waals surface area contributed by atoms with Crippen molar-refractivity contribution in [3.8, 4) is 11.5 Å². The molecule has 0 bridgehead atoms. The summed E-state index contributed by atoms with van der Waals surface area (Å²) >= 11 is 0. The third-order valence-electron chi connectivity index (χ3n) is 3.38. The summed E-state index contributed by atoms with van der Waals surface area (Å²) in [4.78, 5) is 0. The Morgan fingerprint density at radius 3 is 2.52 bits per heavy atom. The van der Waals surface area contributed by atoms with Gasteiger partial charge in [0.2, 0.25) is 0 Å². The number of hydrogen-bond acceptors (Lipinski definition) is 4. The van der Waals surface area contributed by atoms with Crippen molar-refractivity contribution >= 4 is 0 Å². The van der Waals surface area contributed by atoms with E-state index in [1.807, 2.05) is 18.2 Å². The van der Waals surface area contributed by atoms with Crippen LogP contribution in [0.1, 0.15) is 11.1 Å². The molecule has 0 unspecified atom stereocenters. The Labute approximate surface area is 136 Å². The average molecular weight is 319 g/mol. The SMILES string of the molecule is COCCNCc1cccc(OC)c1OCc1ccc(F)cc1. The van der Waals surface area contributed by atoms with Crippen molar-refractivity contribution in [1.82, 2.24) is 5.32 Å². The van der Waals surface area contributed by atoms with Crippen molar-refractivity contribution in [3.63, 3.8) is 0 Å². The molecule has 124 valence electrons. The molecule has 0 aliphatic rings. The van der Waals surface area contributed by atoms with Gasteiger partial charge in [-0.1, -0.05) is 24.3 Å². The summed E-state index contributed by atoms with van der Waals surface area (Å²) < 4.78 is 29.3. The first-order chi connectivity index (χ1) is 11.2. The highest BCUT2D eigenvalue weighted by Gasteiger charge is 2.10. The number of benzene rings is 2. The maximum absolute atomic E-state index is 13.0. The van der Waals surface area contributed by atoms with E-state index in [4.69, 9.17) is 14.2 Å². The fraction of sp³-hybridized carbons (Fsp3) is 0.333. The molecule has 0 spiro atoms. The smallest absolute Gasteiger partial charge is 0.166 e. The Kier molecular flexibility index (Phi) is 6.84. The van der Waals surface area contributed by atoms with Gasteiger partial charge in [0.1, 0.15) is 12.4 Å². The van der Waals surface area contributed by atoms with Crippen LogP contribution in [0.25, 0.3) is 0 Å². The zero-order chi connectivity index (χ0) is 16.5. The van der Waals surface area contributed by atoms with Crippen LogP contribution in [0, 0.1) is 5.82 Å². The lowest BCUT2D eigenvalue weighted by atomic mass is 10.1. The van der Waals surface area contributed by atoms with Gasteiger partial charge >= 0.3 is 0 Å². The van der Waals surface area contributed by atoms with Gasteiger partial charge in [-0.05, 0) is 23.8 Å². The van der Waals surface area contributed by atoms with E-state index in [0.29, 0.717) is 31.3 Å². The minimum Gasteiger partial charge on any atom is -0.493 e. The second kappa shape index (κ2) is 9.12. The molecule has 0 fully saturated rings. The maximum atomic E-state index is 13.0. The van der Waals surface area contributed by atoms with E-state index >= 15 is 0 Å². The first-order valence-corrected chi connectivity index (χ1v) is 7.47. The number of methoxy groups -OCH3 is 2. The number of hydrogen-bond donors (Lipinski definition) is 1. The topological polar surface area (TPSA) is 39.7 Å². The predicted octanol–water partition coefficient (Wildman–Crippen LogP) is 3.15. The minimum absolute atomic E-state index is 0.255. The first-order valence-electron chi connectivity index (χ1n) is 7.47. The Bertz CT molecular complexity index is 602. The summed E-state index contributed by atoms with van der Waals surface area (Å²) in [5.74, 6) is 1.12. The Balaban J connectivity index is 2.06. The molecule has 2 rings (SSSR count). The average Bonchev–Trinajstić information content (AvgIpc) is 2.58. The number of halogens is 1. The molecule has 2 aromatic carbocycles. The predicted molar refractivity (Wildman–Crippen MR) is 87.3 cm³/mol. The van der Waals surface area contributed by atoms with Crippen molar-refractivity contribution < 1.29 is 18.6 Å². The van der Waals surface area contributed by atoms with E-state index in [1.54, 1.807) is 26.4 Å². The van der Waals surface area contributed by atoms with E-state index in [0.717, 1.165) is 17.7 Å². The van der Waals surface area contributed by atoms with Crippen molar-refractivity contribution in [2.45, 2.75) is 13.2 Å². The molecule has 0 aliphatic carbocycles. The lowest BCUT2D eigenvalue weighted by molar-refractivity contribution is 0.199. The number of rotatable bonds is 9. The highest BCUT2D eigenvalue weighted by Crippen LogP contribution is 2.31. The van der Waals surface area contributed by atoms with Gasteiger partial charge < -0.3 is 19.5 Å². The molecule has 5 heteroatoms. The molecule has 0 atom stereocenters. The Morgan fingerprint density at radius 2 is 1.83 bits per heavy atom. The van der Waals surface area contributed by atoms with E-state index in [-0.39, 0.29) is 5.82 Å². The summed E-state index contributed by atoms with van der Waals surface area (Å²) in [6.45, 7) is 2.41. The van der Waals surface area contributed by atoms with E-state index in [1.165, 1.54) is 12.1 Å². The highest BCUT2D eigenvalue weighted by molar-refractivity contribution is 5.46. The van der Waals surface area contributed by atoms with Crippen molar-refractivity contribution in [2.24, 2.45) is 0 Å². The van der Waals surface area contributed by atoms with E-state index in [9.17, 15) is 4.39 Å². The molecule has 0 saturated carbocycles. The molecule has 0 amide bonds. The summed E-state index contributed by atoms with van der Waals surface area (Å²) in [6, 6.07) is 12.0. The third-order valence-corrected chi connectivity index (χ3v) is 3.38. The monoisotopic (exact) mass is 319 g/mol. The Morgan fingerprint density at radius 1 is 1.04 bits per heavy atom. The molecule has 23 heavy (non-hydrogen) atoms. The Hall–Kier alpha value is -2.11. The van der Waals surface area contributed by atoms with Gasteiger partial charge in [0.25, 0.3) is 0 Å². The van der Waals surface area contributed by atoms with Gasteiger partial charge in [-0.15, -0.1) is 0 Å². The summed E-state index contributed by atoms with van der Waals surface area (Å²) in [5, 5.41) is 3.29. The lowest BCUT2D eigenvalue weighted by Gasteiger charge is -2.15. The quantitative estimate of drug-likeness (QED) is 0.721. The summed E-state index contributed by atoms with van der Waals surface area (Å²) in [5.41, 5.74) is 1.90. The van der Waals surface area contributed by atoms with E-state index < -0.39 is 0 Å². The molecule has 0 aliphatic heterocycles. The standard InChI is InChI=1S/C18H22FNO3/c1-21-11-10-20-12-15-4-3-5-17(22-2)18(15)23-13-14-6-8-16(19)9-7-14/h3-9,20H,10-13H2,1-2H3.